The molecule has 5 nitrogen and oxygen atoms in total. The fourth-order valence-electron chi connectivity index (χ4n) is 2.93. The SMILES string of the molecule is C=CCN(Cc1cccc(C#N)c1)C(=O)CCc1ccc(OCC(F)(F)F)c(OC)c1. The van der Waals surface area contributed by atoms with Crippen LogP contribution in [0, 0.1) is 11.3 Å². The lowest BCUT2D eigenvalue weighted by molar-refractivity contribution is -0.153. The maximum atomic E-state index is 12.7. The van der Waals surface area contributed by atoms with Crippen molar-refractivity contribution in [1.29, 1.82) is 5.26 Å². The van der Waals surface area contributed by atoms with Gasteiger partial charge in [0.15, 0.2) is 18.1 Å². The number of carbonyl (C=O) groups is 1. The van der Waals surface area contributed by atoms with Gasteiger partial charge in [0.2, 0.25) is 5.91 Å². The van der Waals surface area contributed by atoms with Crippen LogP contribution in [0.2, 0.25) is 0 Å². The van der Waals surface area contributed by atoms with Crippen LogP contribution in [0.15, 0.2) is 55.1 Å². The number of nitriles is 1. The van der Waals surface area contributed by atoms with E-state index in [0.29, 0.717) is 25.1 Å². The van der Waals surface area contributed by atoms with E-state index in [1.54, 1.807) is 41.3 Å². The monoisotopic (exact) mass is 432 g/mol. The number of hydrogen-bond acceptors (Lipinski definition) is 4. The number of carbonyl (C=O) groups excluding carboxylic acids is 1. The van der Waals surface area contributed by atoms with Crippen molar-refractivity contribution in [1.82, 2.24) is 4.90 Å². The Bertz CT molecular complexity index is 952. The number of rotatable bonds is 10. The fraction of sp³-hybridized carbons (Fsp3) is 0.304. The predicted molar refractivity (Wildman–Crippen MR) is 110 cm³/mol. The lowest BCUT2D eigenvalue weighted by Crippen LogP contribution is -2.30. The summed E-state index contributed by atoms with van der Waals surface area (Å²) in [4.78, 5) is 14.4. The molecular formula is C23H23F3N2O3. The Labute approximate surface area is 179 Å². The minimum atomic E-state index is -4.45. The van der Waals surface area contributed by atoms with Gasteiger partial charge in [0, 0.05) is 19.5 Å². The van der Waals surface area contributed by atoms with Crippen LogP contribution in [0.3, 0.4) is 0 Å². The number of amides is 1. The molecule has 2 aromatic rings. The van der Waals surface area contributed by atoms with Crippen molar-refractivity contribution >= 4 is 5.91 Å². The third-order valence-electron chi connectivity index (χ3n) is 4.38. The van der Waals surface area contributed by atoms with E-state index in [4.69, 9.17) is 14.7 Å². The van der Waals surface area contributed by atoms with Gasteiger partial charge in [-0.3, -0.25) is 4.79 Å². The van der Waals surface area contributed by atoms with Crippen molar-refractivity contribution in [3.05, 3.63) is 71.8 Å². The lowest BCUT2D eigenvalue weighted by atomic mass is 10.1. The maximum Gasteiger partial charge on any atom is 0.422 e. The predicted octanol–water partition coefficient (Wildman–Crippen LogP) is 4.66. The summed E-state index contributed by atoms with van der Waals surface area (Å²) in [5.74, 6) is 0.0460. The Hall–Kier alpha value is -3.47. The molecule has 2 aromatic carbocycles. The summed E-state index contributed by atoms with van der Waals surface area (Å²) >= 11 is 0. The molecule has 0 aliphatic heterocycles. The van der Waals surface area contributed by atoms with Crippen LogP contribution < -0.4 is 9.47 Å². The van der Waals surface area contributed by atoms with Gasteiger partial charge in [-0.15, -0.1) is 6.58 Å². The highest BCUT2D eigenvalue weighted by molar-refractivity contribution is 5.76. The maximum absolute atomic E-state index is 12.7. The van der Waals surface area contributed by atoms with E-state index in [0.717, 1.165) is 11.1 Å². The van der Waals surface area contributed by atoms with Gasteiger partial charge in [0.1, 0.15) is 0 Å². The van der Waals surface area contributed by atoms with Gasteiger partial charge in [-0.1, -0.05) is 24.3 Å². The zero-order chi connectivity index (χ0) is 22.9. The Balaban J connectivity index is 2.03. The normalized spacial score (nSPS) is 10.8. The van der Waals surface area contributed by atoms with Crippen molar-refractivity contribution in [2.75, 3.05) is 20.3 Å². The molecule has 0 aromatic heterocycles. The molecule has 2 rings (SSSR count). The second-order valence-corrected chi connectivity index (χ2v) is 6.76. The minimum absolute atomic E-state index is 0.0134. The highest BCUT2D eigenvalue weighted by Gasteiger charge is 2.29. The van der Waals surface area contributed by atoms with Crippen LogP contribution in [0.1, 0.15) is 23.1 Å². The first-order chi connectivity index (χ1) is 14.8. The van der Waals surface area contributed by atoms with Crippen molar-refractivity contribution in [3.8, 4) is 17.6 Å². The summed E-state index contributed by atoms with van der Waals surface area (Å²) in [7, 11) is 1.34. The molecule has 0 unspecified atom stereocenters. The number of aryl methyl sites for hydroxylation is 1. The van der Waals surface area contributed by atoms with Crippen molar-refractivity contribution in [2.45, 2.75) is 25.6 Å². The van der Waals surface area contributed by atoms with Gasteiger partial charge in [-0.2, -0.15) is 18.4 Å². The standard InChI is InChI=1S/C23H23F3N2O3/c1-3-11-28(15-19-6-4-5-18(12-19)14-27)22(29)10-8-17-7-9-20(21(13-17)30-2)31-16-23(24,25)26/h3-7,9,12-13H,1,8,10-11,15-16H2,2H3. The number of methoxy groups -OCH3 is 1. The van der Waals surface area contributed by atoms with E-state index in [9.17, 15) is 18.0 Å². The summed E-state index contributed by atoms with van der Waals surface area (Å²) in [5.41, 5.74) is 2.08. The summed E-state index contributed by atoms with van der Waals surface area (Å²) < 4.78 is 47.0. The van der Waals surface area contributed by atoms with E-state index >= 15 is 0 Å². The van der Waals surface area contributed by atoms with E-state index in [1.165, 1.54) is 13.2 Å². The molecule has 164 valence electrons. The number of nitrogens with zero attached hydrogens (tertiary/aromatic N) is 2. The van der Waals surface area contributed by atoms with E-state index in [1.807, 2.05) is 6.07 Å². The van der Waals surface area contributed by atoms with Gasteiger partial charge >= 0.3 is 6.18 Å². The molecule has 0 bridgehead atoms. The number of alkyl halides is 3. The molecule has 0 saturated heterocycles. The minimum Gasteiger partial charge on any atom is -0.493 e. The Morgan fingerprint density at radius 1 is 1.19 bits per heavy atom. The topological polar surface area (TPSA) is 62.6 Å². The molecule has 0 aliphatic carbocycles. The number of halogens is 3. The van der Waals surface area contributed by atoms with Gasteiger partial charge in [0.25, 0.3) is 0 Å². The van der Waals surface area contributed by atoms with Crippen molar-refractivity contribution in [2.24, 2.45) is 0 Å². The molecular weight excluding hydrogens is 409 g/mol. The first kappa shape index (κ1) is 23.8. The molecule has 0 N–H and O–H groups in total. The van der Waals surface area contributed by atoms with Crippen LogP contribution >= 0.6 is 0 Å². The zero-order valence-corrected chi connectivity index (χ0v) is 17.1. The van der Waals surface area contributed by atoms with E-state index in [2.05, 4.69) is 12.6 Å². The highest BCUT2D eigenvalue weighted by Crippen LogP contribution is 2.30. The summed E-state index contributed by atoms with van der Waals surface area (Å²) in [5, 5.41) is 9.03. The fourth-order valence-corrected chi connectivity index (χ4v) is 2.93. The average Bonchev–Trinajstić information content (AvgIpc) is 2.75. The Morgan fingerprint density at radius 3 is 2.61 bits per heavy atom. The first-order valence-corrected chi connectivity index (χ1v) is 9.50. The molecule has 31 heavy (non-hydrogen) atoms. The van der Waals surface area contributed by atoms with Crippen LogP contribution in [0.5, 0.6) is 11.5 Å². The van der Waals surface area contributed by atoms with E-state index < -0.39 is 12.8 Å². The summed E-state index contributed by atoms with van der Waals surface area (Å²) in [6.07, 6.45) is -2.25. The Kier molecular flexibility index (Phi) is 8.50. The van der Waals surface area contributed by atoms with Crippen LogP contribution in [-0.2, 0) is 17.8 Å². The summed E-state index contributed by atoms with van der Waals surface area (Å²) in [6, 6.07) is 13.7. The van der Waals surface area contributed by atoms with Crippen molar-refractivity contribution in [3.63, 3.8) is 0 Å². The molecule has 0 fully saturated rings. The number of ether oxygens (including phenoxy) is 2. The zero-order valence-electron chi connectivity index (χ0n) is 17.1. The molecule has 0 atom stereocenters. The van der Waals surface area contributed by atoms with Gasteiger partial charge in [0.05, 0.1) is 18.7 Å². The largest absolute Gasteiger partial charge is 0.493 e. The average molecular weight is 432 g/mol. The van der Waals surface area contributed by atoms with E-state index in [-0.39, 0.29) is 23.8 Å². The molecule has 8 heteroatoms. The number of hydrogen-bond donors (Lipinski definition) is 0. The smallest absolute Gasteiger partial charge is 0.422 e. The van der Waals surface area contributed by atoms with Gasteiger partial charge < -0.3 is 14.4 Å². The van der Waals surface area contributed by atoms with Gasteiger partial charge in [-0.05, 0) is 41.8 Å². The second kappa shape index (κ2) is 11.1. The first-order valence-electron chi connectivity index (χ1n) is 9.50. The van der Waals surface area contributed by atoms with Crippen LogP contribution in [-0.4, -0.2) is 37.2 Å². The molecule has 1 amide bonds. The molecule has 0 aliphatic rings. The Morgan fingerprint density at radius 2 is 1.97 bits per heavy atom. The molecule has 0 radical (unpaired) electrons. The van der Waals surface area contributed by atoms with Crippen LogP contribution in [0.25, 0.3) is 0 Å². The van der Waals surface area contributed by atoms with Gasteiger partial charge in [-0.25, -0.2) is 0 Å². The lowest BCUT2D eigenvalue weighted by Gasteiger charge is -2.21. The molecule has 0 saturated carbocycles. The quantitative estimate of drug-likeness (QED) is 0.513. The van der Waals surface area contributed by atoms with Crippen LogP contribution in [0.4, 0.5) is 13.2 Å². The highest BCUT2D eigenvalue weighted by atomic mass is 19.4. The van der Waals surface area contributed by atoms with Crippen molar-refractivity contribution < 1.29 is 27.4 Å². The second-order valence-electron chi connectivity index (χ2n) is 6.76. The molecule has 0 heterocycles. The third kappa shape index (κ3) is 7.70. The third-order valence-corrected chi connectivity index (χ3v) is 4.38. The molecule has 0 spiro atoms. The summed E-state index contributed by atoms with van der Waals surface area (Å²) in [6.45, 7) is 2.97. The number of benzene rings is 2.